The van der Waals surface area contributed by atoms with E-state index in [4.69, 9.17) is 0 Å². The van der Waals surface area contributed by atoms with Gasteiger partial charge in [0.25, 0.3) is 0 Å². The maximum absolute atomic E-state index is 2.44. The zero-order valence-corrected chi connectivity index (χ0v) is 28.5. The number of anilines is 6. The number of fused-ring (bicyclic) bond motifs is 7. The van der Waals surface area contributed by atoms with Crippen molar-refractivity contribution in [2.75, 3.05) is 9.80 Å². The van der Waals surface area contributed by atoms with Crippen LogP contribution in [0.15, 0.2) is 206 Å². The summed E-state index contributed by atoms with van der Waals surface area (Å²) in [5.74, 6) is 0. The normalized spacial score (nSPS) is 11.5. The molecular weight excluding hydrogens is 629 g/mol. The molecule has 52 heavy (non-hydrogen) atoms. The smallest absolute Gasteiger partial charge is 0.0567 e. The third kappa shape index (κ3) is 5.12. The number of benzene rings is 10. The molecule has 0 aromatic heterocycles. The van der Waals surface area contributed by atoms with Gasteiger partial charge in [0.05, 0.1) is 5.69 Å². The summed E-state index contributed by atoms with van der Waals surface area (Å²) >= 11 is 0. The molecule has 0 fully saturated rings. The summed E-state index contributed by atoms with van der Waals surface area (Å²) in [5, 5.41) is 12.3. The van der Waals surface area contributed by atoms with E-state index in [1.165, 1.54) is 53.9 Å². The van der Waals surface area contributed by atoms with E-state index in [2.05, 4.69) is 216 Å². The Balaban J connectivity index is 1.32. The second kappa shape index (κ2) is 12.5. The third-order valence-corrected chi connectivity index (χ3v) is 10.3. The molecule has 0 saturated heterocycles. The molecule has 0 unspecified atom stereocenters. The van der Waals surface area contributed by atoms with E-state index in [1.54, 1.807) is 0 Å². The van der Waals surface area contributed by atoms with E-state index in [0.29, 0.717) is 0 Å². The molecule has 0 spiro atoms. The monoisotopic (exact) mass is 662 g/mol. The Morgan fingerprint density at radius 2 is 0.692 bits per heavy atom. The van der Waals surface area contributed by atoms with Crippen LogP contribution in [0.3, 0.4) is 0 Å². The molecule has 0 radical (unpaired) electrons. The molecule has 244 valence electrons. The Bertz CT molecular complexity index is 2910. The molecule has 10 aromatic carbocycles. The van der Waals surface area contributed by atoms with Gasteiger partial charge in [-0.25, -0.2) is 0 Å². The lowest BCUT2D eigenvalue weighted by Gasteiger charge is -2.31. The van der Waals surface area contributed by atoms with E-state index in [-0.39, 0.29) is 0 Å². The molecule has 2 heteroatoms. The fraction of sp³-hybridized carbons (Fsp3) is 0. The Morgan fingerprint density at radius 1 is 0.231 bits per heavy atom. The topological polar surface area (TPSA) is 6.48 Å². The second-order valence-electron chi connectivity index (χ2n) is 13.4. The van der Waals surface area contributed by atoms with Crippen LogP contribution in [0.25, 0.3) is 53.9 Å². The number of rotatable bonds is 6. The lowest BCUT2D eigenvalue weighted by atomic mass is 9.94. The minimum atomic E-state index is 1.09. The second-order valence-corrected chi connectivity index (χ2v) is 13.4. The highest BCUT2D eigenvalue weighted by Crippen LogP contribution is 2.47. The zero-order valence-electron chi connectivity index (χ0n) is 28.5. The number of hydrogen-bond donors (Lipinski definition) is 0. The summed E-state index contributed by atoms with van der Waals surface area (Å²) in [6.45, 7) is 0. The van der Waals surface area contributed by atoms with Crippen molar-refractivity contribution >= 4 is 88.0 Å². The van der Waals surface area contributed by atoms with Gasteiger partial charge in [-0.05, 0) is 109 Å². The van der Waals surface area contributed by atoms with Crippen LogP contribution >= 0.6 is 0 Å². The third-order valence-electron chi connectivity index (χ3n) is 10.3. The van der Waals surface area contributed by atoms with Crippen molar-refractivity contribution in [1.82, 2.24) is 0 Å². The van der Waals surface area contributed by atoms with Gasteiger partial charge < -0.3 is 9.80 Å². The molecule has 10 aromatic rings. The van der Waals surface area contributed by atoms with Gasteiger partial charge in [-0.15, -0.1) is 0 Å². The predicted molar refractivity (Wildman–Crippen MR) is 223 cm³/mol. The summed E-state index contributed by atoms with van der Waals surface area (Å²) in [4.78, 5) is 4.83. The van der Waals surface area contributed by atoms with Gasteiger partial charge in [-0.1, -0.05) is 146 Å². The van der Waals surface area contributed by atoms with Gasteiger partial charge in [0.15, 0.2) is 0 Å². The quantitative estimate of drug-likeness (QED) is 0.164. The van der Waals surface area contributed by atoms with E-state index in [9.17, 15) is 0 Å². The van der Waals surface area contributed by atoms with Crippen LogP contribution in [0, 0.1) is 0 Å². The Morgan fingerprint density at radius 3 is 1.35 bits per heavy atom. The van der Waals surface area contributed by atoms with Crippen molar-refractivity contribution in [2.24, 2.45) is 0 Å². The fourth-order valence-electron chi connectivity index (χ4n) is 7.89. The van der Waals surface area contributed by atoms with Crippen LogP contribution < -0.4 is 9.80 Å². The SMILES string of the molecule is c1ccc(N(c2ccc3ccccc3c2)c2cc(N(c3ccccc3)c3ccc4ccccc4c3)c3c(ccc4c5ccccc5ccc43)c2)cc1. The lowest BCUT2D eigenvalue weighted by Crippen LogP contribution is -2.14. The number of para-hydroxylation sites is 2. The molecule has 0 amide bonds. The van der Waals surface area contributed by atoms with Crippen molar-refractivity contribution in [2.45, 2.75) is 0 Å². The van der Waals surface area contributed by atoms with Crippen LogP contribution in [0.2, 0.25) is 0 Å². The first-order chi connectivity index (χ1) is 25.8. The molecule has 0 saturated carbocycles. The van der Waals surface area contributed by atoms with E-state index in [1.807, 2.05) is 0 Å². The van der Waals surface area contributed by atoms with Gasteiger partial charge >= 0.3 is 0 Å². The summed E-state index contributed by atoms with van der Waals surface area (Å²) in [6.07, 6.45) is 0. The van der Waals surface area contributed by atoms with Crippen molar-refractivity contribution in [3.05, 3.63) is 206 Å². The Kier molecular flexibility index (Phi) is 7.18. The molecule has 0 aliphatic carbocycles. The molecule has 0 aliphatic rings. The summed E-state index contributed by atoms with van der Waals surface area (Å²) < 4.78 is 0. The van der Waals surface area contributed by atoms with Crippen molar-refractivity contribution in [3.63, 3.8) is 0 Å². The van der Waals surface area contributed by atoms with Gasteiger partial charge in [-0.2, -0.15) is 0 Å². The molecule has 0 aliphatic heterocycles. The predicted octanol–water partition coefficient (Wildman–Crippen LogP) is 14.4. The van der Waals surface area contributed by atoms with E-state index in [0.717, 1.165) is 34.1 Å². The average molecular weight is 663 g/mol. The van der Waals surface area contributed by atoms with Crippen molar-refractivity contribution < 1.29 is 0 Å². The highest BCUT2D eigenvalue weighted by Gasteiger charge is 2.22. The first-order valence-corrected chi connectivity index (χ1v) is 17.8. The van der Waals surface area contributed by atoms with E-state index >= 15 is 0 Å². The number of nitrogens with zero attached hydrogens (tertiary/aromatic N) is 2. The fourth-order valence-corrected chi connectivity index (χ4v) is 7.89. The van der Waals surface area contributed by atoms with Crippen molar-refractivity contribution in [3.8, 4) is 0 Å². The Hall–Kier alpha value is -6.90. The highest BCUT2D eigenvalue weighted by atomic mass is 15.2. The number of hydrogen-bond acceptors (Lipinski definition) is 2. The zero-order chi connectivity index (χ0) is 34.4. The minimum Gasteiger partial charge on any atom is -0.310 e. The van der Waals surface area contributed by atoms with Crippen molar-refractivity contribution in [1.29, 1.82) is 0 Å². The molecule has 0 atom stereocenters. The first kappa shape index (κ1) is 30.0. The summed E-state index contributed by atoms with van der Waals surface area (Å²) in [5.41, 5.74) is 6.64. The largest absolute Gasteiger partial charge is 0.310 e. The molecule has 2 nitrogen and oxygen atoms in total. The molecule has 0 heterocycles. The Labute approximate surface area is 303 Å². The molecule has 10 rings (SSSR count). The first-order valence-electron chi connectivity index (χ1n) is 17.8. The lowest BCUT2D eigenvalue weighted by molar-refractivity contribution is 1.27. The van der Waals surface area contributed by atoms with Crippen LogP contribution in [-0.2, 0) is 0 Å². The summed E-state index contributed by atoms with van der Waals surface area (Å²) in [7, 11) is 0. The maximum atomic E-state index is 2.44. The molecule has 0 bridgehead atoms. The maximum Gasteiger partial charge on any atom is 0.0567 e. The van der Waals surface area contributed by atoms with Gasteiger partial charge in [0.2, 0.25) is 0 Å². The van der Waals surface area contributed by atoms with Crippen LogP contribution in [-0.4, -0.2) is 0 Å². The highest BCUT2D eigenvalue weighted by molar-refractivity contribution is 6.22. The van der Waals surface area contributed by atoms with Crippen LogP contribution in [0.4, 0.5) is 34.1 Å². The average Bonchev–Trinajstić information content (AvgIpc) is 3.21. The molecular formula is C50H34N2. The van der Waals surface area contributed by atoms with Crippen LogP contribution in [0.5, 0.6) is 0 Å². The van der Waals surface area contributed by atoms with Gasteiger partial charge in [-0.3, -0.25) is 0 Å². The summed E-state index contributed by atoms with van der Waals surface area (Å²) in [6, 6.07) is 74.9. The van der Waals surface area contributed by atoms with Crippen LogP contribution in [0.1, 0.15) is 0 Å². The standard InChI is InChI=1S/C50H34N2/c1-3-18-41(19-4-1)51(43-27-23-35-13-7-9-16-38(35)31-43)45-33-40-26-29-47-46-22-12-11-15-37(46)25-30-48(47)50(40)49(34-45)52(42-20-5-2-6-21-42)44-28-24-36-14-8-10-17-39(36)32-44/h1-34H. The minimum absolute atomic E-state index is 1.09. The van der Waals surface area contributed by atoms with Gasteiger partial charge in [0.1, 0.15) is 0 Å². The van der Waals surface area contributed by atoms with Gasteiger partial charge in [0, 0.05) is 33.8 Å². The molecule has 0 N–H and O–H groups in total. The van der Waals surface area contributed by atoms with E-state index < -0.39 is 0 Å².